The summed E-state index contributed by atoms with van der Waals surface area (Å²) in [7, 11) is 0. The Bertz CT molecular complexity index is 8800. The SMILES string of the molecule is N#Cc1ccc(-c2ccc3c(=O)n4c(nc5cc(-c6ccccc6)cc(-c6ccccc6)c54)c4ccc(C#N)c2c34)cc1.N#Cc1ccc(-c2ccc3c(=O)n4c5cc(-c6ccccc6)cc(-c6ccccc6)c5nc4c4ccc(C#N)c2c34)cc1.N#Cc1ccc(-c2ccc3c4c2c(C#N)ccc4c(=O)n2c4cc(-c5ccccc5)cc(-c5ccccc5)c4nc32)cc1. The molecule has 24 rings (SSSR count). The maximum atomic E-state index is 14.4. The van der Waals surface area contributed by atoms with Crippen molar-refractivity contribution in [3.05, 3.63) is 428 Å². The van der Waals surface area contributed by atoms with Gasteiger partial charge in [0.2, 0.25) is 0 Å². The molecule has 0 saturated heterocycles. The summed E-state index contributed by atoms with van der Waals surface area (Å²) in [6, 6.07) is 131. The summed E-state index contributed by atoms with van der Waals surface area (Å²) in [4.78, 5) is 58.6. The predicted octanol–water partition coefficient (Wildman–Crippen LogP) is 25.0. The van der Waals surface area contributed by atoms with Gasteiger partial charge in [-0.1, -0.05) is 237 Å². The van der Waals surface area contributed by atoms with Crippen molar-refractivity contribution in [2.24, 2.45) is 0 Å². The van der Waals surface area contributed by atoms with Crippen LogP contribution in [-0.2, 0) is 0 Å². The van der Waals surface area contributed by atoms with Gasteiger partial charge in [-0.05, 0) is 211 Å². The highest BCUT2D eigenvalue weighted by molar-refractivity contribution is 6.24. The number of hydrogen-bond donors (Lipinski definition) is 0. The lowest BCUT2D eigenvalue weighted by Gasteiger charge is -2.14. The average Bonchev–Trinajstić information content (AvgIpc) is 1.64. The van der Waals surface area contributed by atoms with Gasteiger partial charge in [-0.25, -0.2) is 15.0 Å². The molecule has 0 radical (unpaired) electrons. The highest BCUT2D eigenvalue weighted by atomic mass is 16.1. The van der Waals surface area contributed by atoms with Crippen molar-refractivity contribution in [1.82, 2.24) is 28.2 Å². The molecule has 0 aliphatic carbocycles. The van der Waals surface area contributed by atoms with Crippen molar-refractivity contribution in [3.63, 3.8) is 0 Å². The molecule has 0 fully saturated rings. The Hall–Kier alpha value is -18.9. The van der Waals surface area contributed by atoms with Gasteiger partial charge in [-0.2, -0.15) is 31.6 Å². The average molecular weight is 1650 g/mol. The fourth-order valence-electron chi connectivity index (χ4n) is 18.7. The molecule has 0 N–H and O–H groups in total. The molecular weight excluding hydrogens is 1590 g/mol. The van der Waals surface area contributed by atoms with E-state index in [2.05, 4.69) is 127 Å². The Morgan fingerprint density at radius 3 is 0.814 bits per heavy atom. The number of benzene rings is 18. The van der Waals surface area contributed by atoms with Gasteiger partial charge in [0.1, 0.15) is 16.9 Å². The summed E-state index contributed by atoms with van der Waals surface area (Å²) < 4.78 is 5.18. The zero-order valence-corrected chi connectivity index (χ0v) is 68.2. The second-order valence-electron chi connectivity index (χ2n) is 31.7. The minimum atomic E-state index is -0.180. The number of nitriles is 6. The number of hydrogen-bond acceptors (Lipinski definition) is 12. The van der Waals surface area contributed by atoms with Crippen molar-refractivity contribution in [2.45, 2.75) is 0 Å². The van der Waals surface area contributed by atoms with Crippen LogP contribution in [0, 0.1) is 68.0 Å². The normalized spacial score (nSPS) is 11.3. The summed E-state index contributed by atoms with van der Waals surface area (Å²) >= 11 is 0. The molecule has 0 amide bonds. The van der Waals surface area contributed by atoms with Crippen LogP contribution < -0.4 is 16.7 Å². The Labute approximate surface area is 734 Å². The van der Waals surface area contributed by atoms with Crippen molar-refractivity contribution in [1.29, 1.82) is 31.6 Å². The van der Waals surface area contributed by atoms with Crippen LogP contribution in [0.2, 0.25) is 0 Å². The van der Waals surface area contributed by atoms with Crippen LogP contribution >= 0.6 is 0 Å². The highest BCUT2D eigenvalue weighted by Crippen LogP contribution is 2.46. The van der Waals surface area contributed by atoms with Crippen LogP contribution in [0.3, 0.4) is 0 Å². The molecule has 0 bridgehead atoms. The molecule has 0 aliphatic rings. The van der Waals surface area contributed by atoms with E-state index in [9.17, 15) is 46.0 Å². The van der Waals surface area contributed by atoms with E-state index in [1.54, 1.807) is 61.7 Å². The summed E-state index contributed by atoms with van der Waals surface area (Å²) in [5, 5.41) is 66.5. The number of fused-ring (bicyclic) bond motifs is 12. The molecule has 0 spiro atoms. The fraction of sp³-hybridized carbons (Fsp3) is 0. The maximum Gasteiger partial charge on any atom is 0.264 e. The molecule has 0 unspecified atom stereocenters. The molecule has 18 aromatic carbocycles. The van der Waals surface area contributed by atoms with Crippen LogP contribution in [0.25, 0.3) is 215 Å². The van der Waals surface area contributed by atoms with Crippen LogP contribution in [-0.4, -0.2) is 28.2 Å². The third-order valence-electron chi connectivity index (χ3n) is 24.7. The Balaban J connectivity index is 0.000000114. The molecule has 6 aromatic heterocycles. The monoisotopic (exact) mass is 1640 g/mol. The van der Waals surface area contributed by atoms with Gasteiger partial charge >= 0.3 is 0 Å². The van der Waals surface area contributed by atoms with Gasteiger partial charge in [0.25, 0.3) is 16.7 Å². The minimum Gasteiger partial charge on any atom is -0.268 e. The van der Waals surface area contributed by atoms with E-state index in [0.29, 0.717) is 82.6 Å². The molecule has 0 saturated carbocycles. The molecule has 15 nitrogen and oxygen atoms in total. The van der Waals surface area contributed by atoms with E-state index < -0.39 is 0 Å². The Morgan fingerprint density at radius 1 is 0.209 bits per heavy atom. The number of imidazole rings is 3. The molecular formula is C114H60N12O3. The highest BCUT2D eigenvalue weighted by Gasteiger charge is 2.28. The fourth-order valence-corrected chi connectivity index (χ4v) is 18.7. The van der Waals surface area contributed by atoms with E-state index in [1.807, 2.05) is 224 Å². The quantitative estimate of drug-likeness (QED) is 0.131. The second kappa shape index (κ2) is 30.9. The Morgan fingerprint density at radius 2 is 0.481 bits per heavy atom. The van der Waals surface area contributed by atoms with Gasteiger partial charge in [0, 0.05) is 81.3 Å². The van der Waals surface area contributed by atoms with Crippen LogP contribution in [0.1, 0.15) is 33.4 Å². The lowest BCUT2D eigenvalue weighted by Crippen LogP contribution is -2.14. The van der Waals surface area contributed by atoms with Gasteiger partial charge in [-0.15, -0.1) is 0 Å². The van der Waals surface area contributed by atoms with E-state index >= 15 is 0 Å². The van der Waals surface area contributed by atoms with Gasteiger partial charge in [0.15, 0.2) is 0 Å². The zero-order valence-electron chi connectivity index (χ0n) is 68.2. The van der Waals surface area contributed by atoms with Gasteiger partial charge in [-0.3, -0.25) is 27.6 Å². The summed E-state index contributed by atoms with van der Waals surface area (Å²) in [5.74, 6) is 0. The lowest BCUT2D eigenvalue weighted by molar-refractivity contribution is 1.19. The van der Waals surface area contributed by atoms with E-state index in [0.717, 1.165) is 166 Å². The second-order valence-corrected chi connectivity index (χ2v) is 31.7. The number of rotatable bonds is 9. The summed E-state index contributed by atoms with van der Waals surface area (Å²) in [5.41, 5.74) is 25.8. The van der Waals surface area contributed by atoms with Gasteiger partial charge in [0.05, 0.1) is 103 Å². The van der Waals surface area contributed by atoms with Crippen LogP contribution in [0.4, 0.5) is 0 Å². The molecule has 0 aliphatic heterocycles. The number of nitrogens with zero attached hydrogens (tertiary/aromatic N) is 12. The Kier molecular flexibility index (Phi) is 18.3. The van der Waals surface area contributed by atoms with E-state index in [4.69, 9.17) is 15.0 Å². The molecule has 24 aromatic rings. The first-order chi connectivity index (χ1) is 63.5. The van der Waals surface area contributed by atoms with Crippen molar-refractivity contribution >= 4 is 115 Å². The van der Waals surface area contributed by atoms with Crippen LogP contribution in [0.5, 0.6) is 0 Å². The summed E-state index contributed by atoms with van der Waals surface area (Å²) in [6.07, 6.45) is 0. The standard InChI is InChI=1S/3C38H20N4O/c39-21-23-11-13-26(14-12-23)29-17-18-30-35-31(16-15-27(22-40)34(29)35)38(43)42-33-20-28(24-7-3-1-4-8-24)19-32(36(33)41-37(30)42)25-9-5-2-6-10-25;39-21-23-11-13-26(14-12-23)29-17-18-31-35-30(16-15-27(22-40)34(29)35)37-41-36-32(25-9-5-2-6-10-25)19-28(24-7-3-1-4-8-24)20-33(36)42(37)38(31)43;39-21-23-11-13-26(14-12-23)29-17-18-31-35-30(16-15-27(22-40)34(29)35)37-41-33-20-28(24-7-3-1-4-8-24)19-32(25-9-5-2-6-10-25)36(33)42(37)38(31)43/h3*1-20H. The van der Waals surface area contributed by atoms with Crippen LogP contribution in [0.15, 0.2) is 378 Å². The first kappa shape index (κ1) is 76.2. The third-order valence-corrected chi connectivity index (χ3v) is 24.7. The first-order valence-electron chi connectivity index (χ1n) is 41.7. The van der Waals surface area contributed by atoms with Crippen molar-refractivity contribution in [3.8, 4) is 137 Å². The van der Waals surface area contributed by atoms with Gasteiger partial charge < -0.3 is 0 Å². The largest absolute Gasteiger partial charge is 0.268 e. The summed E-state index contributed by atoms with van der Waals surface area (Å²) in [6.45, 7) is 0. The zero-order chi connectivity index (χ0) is 87.2. The predicted molar refractivity (Wildman–Crippen MR) is 513 cm³/mol. The molecule has 0 atom stereocenters. The molecule has 594 valence electrons. The van der Waals surface area contributed by atoms with E-state index in [-0.39, 0.29) is 16.7 Å². The molecule has 129 heavy (non-hydrogen) atoms. The topological polar surface area (TPSA) is 246 Å². The number of pyridine rings is 3. The molecule has 6 heterocycles. The van der Waals surface area contributed by atoms with Crippen molar-refractivity contribution in [2.75, 3.05) is 0 Å². The lowest BCUT2D eigenvalue weighted by atomic mass is 9.91. The minimum absolute atomic E-state index is 0.180. The maximum absolute atomic E-state index is 14.4. The van der Waals surface area contributed by atoms with Crippen molar-refractivity contribution < 1.29 is 0 Å². The first-order valence-corrected chi connectivity index (χ1v) is 41.7. The third kappa shape index (κ3) is 12.4. The molecule has 15 heteroatoms. The number of aromatic nitrogens is 6. The smallest absolute Gasteiger partial charge is 0.264 e. The van der Waals surface area contributed by atoms with E-state index in [1.165, 1.54) is 0 Å².